The topological polar surface area (TPSA) is 162 Å². The zero-order valence-electron chi connectivity index (χ0n) is 21.6. The largest absolute Gasteiger partial charge is 0.483 e. The Morgan fingerprint density at radius 2 is 1.74 bits per heavy atom. The molecule has 0 bridgehead atoms. The summed E-state index contributed by atoms with van der Waals surface area (Å²) in [6.07, 6.45) is 1.60. The number of hydrogen-bond acceptors (Lipinski definition) is 9. The van der Waals surface area contributed by atoms with E-state index < -0.39 is 11.9 Å². The van der Waals surface area contributed by atoms with E-state index in [2.05, 4.69) is 16.0 Å². The molecule has 1 heterocycles. The van der Waals surface area contributed by atoms with Crippen molar-refractivity contribution in [3.05, 3.63) is 29.3 Å². The molecule has 1 aliphatic heterocycles. The number of aryl methyl sites for hydroxylation is 1. The first kappa shape index (κ1) is 30.7. The molecule has 1 aromatic rings. The van der Waals surface area contributed by atoms with E-state index >= 15 is 0 Å². The molecule has 0 spiro atoms. The summed E-state index contributed by atoms with van der Waals surface area (Å²) < 4.78 is 21.7. The minimum absolute atomic E-state index is 0.0960. The van der Waals surface area contributed by atoms with Crippen LogP contribution in [0.4, 0.5) is 0 Å². The molecule has 0 aliphatic carbocycles. The lowest BCUT2D eigenvalue weighted by Crippen LogP contribution is -2.51. The molecule has 2 rings (SSSR count). The zero-order chi connectivity index (χ0) is 27.6. The van der Waals surface area contributed by atoms with Gasteiger partial charge in [-0.25, -0.2) is 0 Å². The summed E-state index contributed by atoms with van der Waals surface area (Å²) in [7, 11) is 0. The predicted molar refractivity (Wildman–Crippen MR) is 134 cm³/mol. The van der Waals surface area contributed by atoms with Crippen LogP contribution in [0, 0.1) is 6.92 Å². The van der Waals surface area contributed by atoms with Gasteiger partial charge in [-0.2, -0.15) is 0 Å². The van der Waals surface area contributed by atoms with Gasteiger partial charge in [0.2, 0.25) is 24.6 Å². The highest BCUT2D eigenvalue weighted by Crippen LogP contribution is 2.25. The number of hydrogen-bond donors (Lipinski definition) is 3. The van der Waals surface area contributed by atoms with Crippen LogP contribution >= 0.6 is 0 Å². The second kappa shape index (κ2) is 17.8. The van der Waals surface area contributed by atoms with Crippen LogP contribution in [0.2, 0.25) is 0 Å². The fourth-order valence-electron chi connectivity index (χ4n) is 3.60. The first-order valence-electron chi connectivity index (χ1n) is 12.4. The van der Waals surface area contributed by atoms with E-state index in [9.17, 15) is 24.0 Å². The van der Waals surface area contributed by atoms with Crippen molar-refractivity contribution in [2.75, 3.05) is 59.3 Å². The van der Waals surface area contributed by atoms with E-state index in [0.717, 1.165) is 5.56 Å². The number of amides is 5. The van der Waals surface area contributed by atoms with Gasteiger partial charge in [0.1, 0.15) is 11.8 Å². The molecule has 1 fully saturated rings. The molecule has 1 aliphatic rings. The molecule has 3 N–H and O–H groups in total. The minimum atomic E-state index is -0.753. The van der Waals surface area contributed by atoms with E-state index in [1.54, 1.807) is 12.1 Å². The second-order valence-electron chi connectivity index (χ2n) is 8.34. The third-order valence-electron chi connectivity index (χ3n) is 5.60. The van der Waals surface area contributed by atoms with Gasteiger partial charge in [0.05, 0.1) is 46.2 Å². The molecule has 13 heteroatoms. The van der Waals surface area contributed by atoms with Crippen molar-refractivity contribution in [2.45, 2.75) is 32.4 Å². The lowest BCUT2D eigenvalue weighted by atomic mass is 10.0. The number of rotatable bonds is 20. The lowest BCUT2D eigenvalue weighted by molar-refractivity contribution is -0.141. The maximum atomic E-state index is 12.2. The molecule has 0 saturated carbocycles. The van der Waals surface area contributed by atoms with Gasteiger partial charge >= 0.3 is 0 Å². The number of nitrogens with one attached hydrogen (secondary N) is 3. The normalized spacial score (nSPS) is 14.9. The minimum Gasteiger partial charge on any atom is -0.483 e. The van der Waals surface area contributed by atoms with Crippen LogP contribution in [0.5, 0.6) is 5.75 Å². The highest BCUT2D eigenvalue weighted by Gasteiger charge is 2.31. The first-order valence-corrected chi connectivity index (χ1v) is 12.4. The molecule has 0 radical (unpaired) electrons. The number of imide groups is 1. The van der Waals surface area contributed by atoms with Gasteiger partial charge in [-0.1, -0.05) is 12.1 Å². The van der Waals surface area contributed by atoms with Gasteiger partial charge in [0, 0.05) is 25.1 Å². The van der Waals surface area contributed by atoms with Crippen molar-refractivity contribution >= 4 is 30.5 Å². The van der Waals surface area contributed by atoms with Crippen LogP contribution < -0.4 is 20.7 Å². The number of carbonyl (C=O) groups excluding carboxylic acids is 5. The SMILES string of the molecule is Cc1cccc(OCC(=O)NCCOCCOCCOCCNC=O)c1CN(C=O)C1CCC(=O)NC1=O. The molecular formula is C25H36N4O9. The molecule has 1 atom stereocenters. The summed E-state index contributed by atoms with van der Waals surface area (Å²) in [5.74, 6) is -0.774. The number of benzene rings is 1. The number of ether oxygens (including phenoxy) is 4. The monoisotopic (exact) mass is 536 g/mol. The van der Waals surface area contributed by atoms with Crippen LogP contribution in [0.25, 0.3) is 0 Å². The quantitative estimate of drug-likeness (QED) is 0.108. The van der Waals surface area contributed by atoms with Crippen molar-refractivity contribution < 1.29 is 42.9 Å². The van der Waals surface area contributed by atoms with Crippen LogP contribution in [-0.4, -0.2) is 101 Å². The average Bonchev–Trinajstić information content (AvgIpc) is 2.90. The maximum absolute atomic E-state index is 12.2. The van der Waals surface area contributed by atoms with E-state index in [1.165, 1.54) is 4.90 Å². The summed E-state index contributed by atoms with van der Waals surface area (Å²) in [5.41, 5.74) is 1.50. The Kier molecular flexibility index (Phi) is 14.4. The summed E-state index contributed by atoms with van der Waals surface area (Å²) in [6.45, 7) is 4.78. The van der Waals surface area contributed by atoms with Crippen LogP contribution in [0.3, 0.4) is 0 Å². The van der Waals surface area contributed by atoms with E-state index in [-0.39, 0.29) is 37.8 Å². The van der Waals surface area contributed by atoms with Crippen LogP contribution in [0.15, 0.2) is 18.2 Å². The first-order chi connectivity index (χ1) is 18.5. The standard InChI is InChI=1S/C25H36N4O9/c1-19-3-2-4-22(20(19)15-29(18-31)21-5-6-23(32)28-25(21)34)38-16-24(33)27-8-10-36-12-14-37-13-11-35-9-7-26-17-30/h2-4,17-18,21H,5-16H2,1H3,(H,26,30)(H,27,33)(H,28,32,34). The Balaban J connectivity index is 1.66. The average molecular weight is 537 g/mol. The molecule has 13 nitrogen and oxygen atoms in total. The second-order valence-corrected chi connectivity index (χ2v) is 8.34. The molecule has 38 heavy (non-hydrogen) atoms. The fraction of sp³-hybridized carbons (Fsp3) is 0.560. The van der Waals surface area contributed by atoms with Gasteiger partial charge in [-0.3, -0.25) is 29.3 Å². The molecule has 210 valence electrons. The van der Waals surface area contributed by atoms with Gasteiger partial charge < -0.3 is 34.5 Å². The van der Waals surface area contributed by atoms with Gasteiger partial charge in [0.15, 0.2) is 6.61 Å². The van der Waals surface area contributed by atoms with Crippen molar-refractivity contribution in [2.24, 2.45) is 0 Å². The molecular weight excluding hydrogens is 500 g/mol. The smallest absolute Gasteiger partial charge is 0.258 e. The zero-order valence-corrected chi connectivity index (χ0v) is 21.6. The third kappa shape index (κ3) is 11.2. The third-order valence-corrected chi connectivity index (χ3v) is 5.60. The maximum Gasteiger partial charge on any atom is 0.258 e. The van der Waals surface area contributed by atoms with Crippen molar-refractivity contribution in [1.82, 2.24) is 20.9 Å². The summed E-state index contributed by atoms with van der Waals surface area (Å²) in [4.78, 5) is 59.0. The van der Waals surface area contributed by atoms with E-state index in [0.29, 0.717) is 76.9 Å². The van der Waals surface area contributed by atoms with Gasteiger partial charge in [0.25, 0.3) is 5.91 Å². The van der Waals surface area contributed by atoms with Gasteiger partial charge in [-0.15, -0.1) is 0 Å². The van der Waals surface area contributed by atoms with Crippen molar-refractivity contribution in [3.8, 4) is 5.75 Å². The molecule has 1 unspecified atom stereocenters. The van der Waals surface area contributed by atoms with Crippen LogP contribution in [0.1, 0.15) is 24.0 Å². The Hall–Kier alpha value is -3.55. The molecule has 5 amide bonds. The lowest BCUT2D eigenvalue weighted by Gasteiger charge is -2.30. The number of nitrogens with zero attached hydrogens (tertiary/aromatic N) is 1. The van der Waals surface area contributed by atoms with E-state index in [1.807, 2.05) is 13.0 Å². The predicted octanol–water partition coefficient (Wildman–Crippen LogP) is -0.951. The molecule has 1 aromatic carbocycles. The van der Waals surface area contributed by atoms with Crippen LogP contribution in [-0.2, 0) is 44.7 Å². The van der Waals surface area contributed by atoms with Crippen molar-refractivity contribution in [3.63, 3.8) is 0 Å². The summed E-state index contributed by atoms with van der Waals surface area (Å²) >= 11 is 0. The Bertz CT molecular complexity index is 928. The molecule has 1 saturated heterocycles. The number of carbonyl (C=O) groups is 5. The number of piperidine rings is 1. The fourth-order valence-corrected chi connectivity index (χ4v) is 3.60. The highest BCUT2D eigenvalue weighted by molar-refractivity contribution is 6.00. The summed E-state index contributed by atoms with van der Waals surface area (Å²) in [5, 5.41) is 7.45. The van der Waals surface area contributed by atoms with Gasteiger partial charge in [-0.05, 0) is 25.0 Å². The highest BCUT2D eigenvalue weighted by atomic mass is 16.5. The van der Waals surface area contributed by atoms with Crippen molar-refractivity contribution in [1.29, 1.82) is 0 Å². The Morgan fingerprint density at radius 3 is 2.39 bits per heavy atom. The molecule has 0 aromatic heterocycles. The summed E-state index contributed by atoms with van der Waals surface area (Å²) in [6, 6.07) is 4.56. The van der Waals surface area contributed by atoms with E-state index in [4.69, 9.17) is 18.9 Å². The Morgan fingerprint density at radius 1 is 1.05 bits per heavy atom. The Labute approximate surface area is 221 Å².